The predicted molar refractivity (Wildman–Crippen MR) is 160 cm³/mol. The molecule has 0 aliphatic carbocycles. The van der Waals surface area contributed by atoms with Gasteiger partial charge in [-0.1, -0.05) is 85.2 Å². The van der Waals surface area contributed by atoms with Crippen LogP contribution in [0.25, 0.3) is 0 Å². The Kier molecular flexibility index (Phi) is 10.6. The van der Waals surface area contributed by atoms with E-state index in [1.165, 1.54) is 0 Å². The monoisotopic (exact) mass is 642 g/mol. The van der Waals surface area contributed by atoms with E-state index in [-0.39, 0.29) is 36.4 Å². The van der Waals surface area contributed by atoms with Crippen molar-refractivity contribution in [3.63, 3.8) is 0 Å². The van der Waals surface area contributed by atoms with Crippen LogP contribution in [0.3, 0.4) is 0 Å². The first-order valence-electron chi connectivity index (χ1n) is 12.7. The summed E-state index contributed by atoms with van der Waals surface area (Å²) >= 11 is 7.06. The van der Waals surface area contributed by atoms with Gasteiger partial charge < -0.3 is 15.0 Å². The van der Waals surface area contributed by atoms with E-state index in [2.05, 4.69) is 57.9 Å². The molecular weight excluding hydrogens is 608 g/mol. The molecule has 0 fully saturated rings. The fraction of sp³-hybridized carbons (Fsp3) is 0.355. The van der Waals surface area contributed by atoms with Crippen molar-refractivity contribution in [2.75, 3.05) is 6.61 Å². The normalized spacial score (nSPS) is 12.2. The number of benzene rings is 3. The maximum absolute atomic E-state index is 13.7. The molecular formula is C31H36Br2N2O3. The van der Waals surface area contributed by atoms with Gasteiger partial charge in [0, 0.05) is 23.5 Å². The molecule has 5 nitrogen and oxygen atoms in total. The Hall–Kier alpha value is -2.64. The van der Waals surface area contributed by atoms with Gasteiger partial charge in [0.25, 0.3) is 5.91 Å². The number of nitrogens with zero attached hydrogens (tertiary/aromatic N) is 1. The van der Waals surface area contributed by atoms with Gasteiger partial charge in [0.1, 0.15) is 11.8 Å². The van der Waals surface area contributed by atoms with Crippen molar-refractivity contribution < 1.29 is 14.3 Å². The minimum absolute atomic E-state index is 0.00716. The largest absolute Gasteiger partial charge is 0.483 e. The molecule has 0 saturated heterocycles. The molecule has 7 heteroatoms. The summed E-state index contributed by atoms with van der Waals surface area (Å²) in [7, 11) is 0. The van der Waals surface area contributed by atoms with E-state index >= 15 is 0 Å². The van der Waals surface area contributed by atoms with Crippen LogP contribution in [0, 0.1) is 0 Å². The number of carbonyl (C=O) groups excluding carboxylic acids is 2. The Morgan fingerprint density at radius 2 is 1.58 bits per heavy atom. The molecule has 202 valence electrons. The highest BCUT2D eigenvalue weighted by Gasteiger charge is 2.31. The molecule has 0 saturated carbocycles. The third kappa shape index (κ3) is 8.70. The smallest absolute Gasteiger partial charge is 0.261 e. The Labute approximate surface area is 243 Å². The zero-order valence-electron chi connectivity index (χ0n) is 22.6. The molecule has 2 amide bonds. The molecule has 0 aliphatic heterocycles. The van der Waals surface area contributed by atoms with Crippen molar-refractivity contribution in [1.82, 2.24) is 10.2 Å². The van der Waals surface area contributed by atoms with Crippen molar-refractivity contribution in [2.24, 2.45) is 0 Å². The molecule has 0 aliphatic rings. The summed E-state index contributed by atoms with van der Waals surface area (Å²) in [6.45, 7) is 10.4. The molecule has 3 aromatic carbocycles. The molecule has 1 atom stereocenters. The summed E-state index contributed by atoms with van der Waals surface area (Å²) in [5, 5.41) is 3.01. The molecule has 0 bridgehead atoms. The summed E-state index contributed by atoms with van der Waals surface area (Å²) in [6, 6.07) is 22.7. The molecule has 3 rings (SSSR count). The maximum Gasteiger partial charge on any atom is 0.261 e. The molecule has 0 spiro atoms. The Morgan fingerprint density at radius 3 is 2.16 bits per heavy atom. The van der Waals surface area contributed by atoms with E-state index < -0.39 is 6.04 Å². The highest BCUT2D eigenvalue weighted by Crippen LogP contribution is 2.31. The number of rotatable bonds is 10. The van der Waals surface area contributed by atoms with Crippen LogP contribution in [0.4, 0.5) is 0 Å². The minimum Gasteiger partial charge on any atom is -0.483 e. The third-order valence-corrected chi connectivity index (χ3v) is 7.27. The van der Waals surface area contributed by atoms with E-state index in [1.54, 1.807) is 4.90 Å². The first-order valence-corrected chi connectivity index (χ1v) is 14.3. The van der Waals surface area contributed by atoms with E-state index in [0.717, 1.165) is 25.6 Å². The standard InChI is InChI=1S/C31H36Br2N2O3/c1-21(2)34-30(37)27(17-22-9-7-6-8-10-22)35(19-23-11-14-25(32)15-12-23)29(36)20-38-28-16-13-24(18-26(28)33)31(3,4)5/h6-16,18,21,27H,17,19-20H2,1-5H3,(H,34,37). The van der Waals surface area contributed by atoms with Gasteiger partial charge in [-0.25, -0.2) is 0 Å². The molecule has 38 heavy (non-hydrogen) atoms. The van der Waals surface area contributed by atoms with Crippen LogP contribution < -0.4 is 10.1 Å². The van der Waals surface area contributed by atoms with Gasteiger partial charge in [-0.05, 0) is 76.1 Å². The van der Waals surface area contributed by atoms with E-state index in [0.29, 0.717) is 12.2 Å². The lowest BCUT2D eigenvalue weighted by Crippen LogP contribution is -2.52. The summed E-state index contributed by atoms with van der Waals surface area (Å²) in [5.74, 6) is 0.130. The first kappa shape index (κ1) is 29.9. The van der Waals surface area contributed by atoms with E-state index in [9.17, 15) is 9.59 Å². The second-order valence-electron chi connectivity index (χ2n) is 10.7. The third-order valence-electron chi connectivity index (χ3n) is 6.12. The van der Waals surface area contributed by atoms with Crippen LogP contribution in [-0.2, 0) is 28.0 Å². The highest BCUT2D eigenvalue weighted by molar-refractivity contribution is 9.10. The maximum atomic E-state index is 13.7. The number of halogens is 2. The van der Waals surface area contributed by atoms with E-state index in [1.807, 2.05) is 86.6 Å². The quantitative estimate of drug-likeness (QED) is 0.258. The number of amides is 2. The van der Waals surface area contributed by atoms with Gasteiger partial charge in [-0.3, -0.25) is 9.59 Å². The summed E-state index contributed by atoms with van der Waals surface area (Å²) < 4.78 is 7.72. The van der Waals surface area contributed by atoms with Gasteiger partial charge in [-0.15, -0.1) is 0 Å². The van der Waals surface area contributed by atoms with Crippen LogP contribution >= 0.6 is 31.9 Å². The van der Waals surface area contributed by atoms with Crippen LogP contribution in [0.15, 0.2) is 81.7 Å². The van der Waals surface area contributed by atoms with Crippen molar-refractivity contribution in [3.8, 4) is 5.75 Å². The number of nitrogens with one attached hydrogen (secondary N) is 1. The summed E-state index contributed by atoms with van der Waals surface area (Å²) in [4.78, 5) is 28.8. The second kappa shape index (κ2) is 13.4. The van der Waals surface area contributed by atoms with Crippen molar-refractivity contribution in [2.45, 2.75) is 65.1 Å². The fourth-order valence-electron chi connectivity index (χ4n) is 4.03. The zero-order chi connectivity index (χ0) is 27.9. The van der Waals surface area contributed by atoms with Crippen LogP contribution in [-0.4, -0.2) is 35.4 Å². The highest BCUT2D eigenvalue weighted by atomic mass is 79.9. The molecule has 0 radical (unpaired) electrons. The van der Waals surface area contributed by atoms with Gasteiger partial charge in [0.15, 0.2) is 6.61 Å². The molecule has 0 heterocycles. The zero-order valence-corrected chi connectivity index (χ0v) is 25.8. The lowest BCUT2D eigenvalue weighted by molar-refractivity contribution is -0.143. The SMILES string of the molecule is CC(C)NC(=O)C(Cc1ccccc1)N(Cc1ccc(Br)cc1)C(=O)COc1ccc(C(C)(C)C)cc1Br. The van der Waals surface area contributed by atoms with Crippen molar-refractivity contribution >= 4 is 43.7 Å². The fourth-order valence-corrected chi connectivity index (χ4v) is 4.79. The molecule has 3 aromatic rings. The molecule has 0 aromatic heterocycles. The first-order chi connectivity index (χ1) is 17.9. The van der Waals surface area contributed by atoms with Gasteiger partial charge in [0.05, 0.1) is 4.47 Å². The summed E-state index contributed by atoms with van der Waals surface area (Å²) in [6.07, 6.45) is 0.394. The van der Waals surface area contributed by atoms with Crippen molar-refractivity contribution in [3.05, 3.63) is 98.4 Å². The topological polar surface area (TPSA) is 58.6 Å². The van der Waals surface area contributed by atoms with E-state index in [4.69, 9.17) is 4.74 Å². The number of ether oxygens (including phenoxy) is 1. The second-order valence-corrected chi connectivity index (χ2v) is 12.5. The summed E-state index contributed by atoms with van der Waals surface area (Å²) in [5.41, 5.74) is 3.06. The number of hydrogen-bond acceptors (Lipinski definition) is 3. The number of hydrogen-bond donors (Lipinski definition) is 1. The average molecular weight is 644 g/mol. The Bertz CT molecular complexity index is 1220. The lowest BCUT2D eigenvalue weighted by Gasteiger charge is -2.32. The van der Waals surface area contributed by atoms with Crippen LogP contribution in [0.2, 0.25) is 0 Å². The predicted octanol–water partition coefficient (Wildman–Crippen LogP) is 7.05. The molecule has 1 N–H and O–H groups in total. The average Bonchev–Trinajstić information content (AvgIpc) is 2.86. The van der Waals surface area contributed by atoms with Crippen LogP contribution in [0.5, 0.6) is 5.75 Å². The van der Waals surface area contributed by atoms with Gasteiger partial charge in [-0.2, -0.15) is 0 Å². The van der Waals surface area contributed by atoms with Crippen LogP contribution in [0.1, 0.15) is 51.3 Å². The number of carbonyl (C=O) groups is 2. The van der Waals surface area contributed by atoms with Crippen molar-refractivity contribution in [1.29, 1.82) is 0 Å². The Balaban J connectivity index is 1.90. The lowest BCUT2D eigenvalue weighted by atomic mass is 9.87. The minimum atomic E-state index is -0.703. The molecule has 1 unspecified atom stereocenters. The Morgan fingerprint density at radius 1 is 0.921 bits per heavy atom. The van der Waals surface area contributed by atoms with Gasteiger partial charge in [0.2, 0.25) is 5.91 Å². The van der Waals surface area contributed by atoms with Gasteiger partial charge >= 0.3 is 0 Å².